The molecule has 0 spiro atoms. The number of carbonyl (C=O) groups is 6. The van der Waals surface area contributed by atoms with E-state index in [0.29, 0.717) is 61.6 Å². The Morgan fingerprint density at radius 1 is 0.535 bits per heavy atom. The minimum atomic E-state index is -4.67. The van der Waals surface area contributed by atoms with Crippen molar-refractivity contribution in [3.63, 3.8) is 0 Å². The van der Waals surface area contributed by atoms with Gasteiger partial charge in [0.25, 0.3) is 0 Å². The smallest absolute Gasteiger partial charge is 0.394 e. The zero-order chi connectivity index (χ0) is 49.6. The molecule has 9 fully saturated rings. The van der Waals surface area contributed by atoms with Crippen molar-refractivity contribution < 1.29 is 94.4 Å². The van der Waals surface area contributed by atoms with Crippen LogP contribution >= 0.6 is 0 Å². The Hall–Kier alpha value is -3.31. The average molecular weight is 1040 g/mol. The fourth-order valence-electron chi connectivity index (χ4n) is 12.4. The normalized spacial score (nSPS) is 34.0. The van der Waals surface area contributed by atoms with Gasteiger partial charge in [0.1, 0.15) is 19.0 Å². The lowest BCUT2D eigenvalue weighted by atomic mass is 9.86. The highest BCUT2D eigenvalue weighted by Crippen LogP contribution is 2.52. The van der Waals surface area contributed by atoms with Gasteiger partial charge in [-0.05, 0) is 124 Å². The van der Waals surface area contributed by atoms with Crippen molar-refractivity contribution in [1.29, 1.82) is 0 Å². The number of aliphatic hydroxyl groups is 2. The van der Waals surface area contributed by atoms with Gasteiger partial charge >= 0.3 is 46.2 Å². The van der Waals surface area contributed by atoms with Crippen LogP contribution < -0.4 is 0 Å². The lowest BCUT2D eigenvalue weighted by Gasteiger charge is -2.34. The highest BCUT2D eigenvalue weighted by molar-refractivity contribution is 7.79. The Morgan fingerprint density at radius 3 is 1.34 bits per heavy atom. The number of hydrogen-bond acceptors (Lipinski definition) is 18. The van der Waals surface area contributed by atoms with Crippen LogP contribution in [0.1, 0.15) is 148 Å². The number of carbonyl (C=O) groups excluding carboxylic acids is 6. The van der Waals surface area contributed by atoms with Crippen molar-refractivity contribution in [1.82, 2.24) is 0 Å². The minimum absolute atomic E-state index is 0. The minimum Gasteiger partial charge on any atom is -0.465 e. The molecule has 0 unspecified atom stereocenters. The summed E-state index contributed by atoms with van der Waals surface area (Å²) in [6.45, 7) is 10.6. The standard InChI is InChI=1S/C13H20O5.C12H18O4.C9H14O2.C8H14O2.C4H6O3.4CH4.H2O4S/c1-8(14)17-7-16-6-12-10-3-4-11(5-10)13(12)18-9(2)15;1-7(13)15-6-11-9-3-4-10(5-9)12(11)16-8(2)14;1-2-7-3-6(1)8-4-10-5-11-9(7)8;9-4-7-5-1-2-6(3-5)8(7)10;1-3(5)7-4(2)6;;;;;1-5(2,3)4/h10-13H,3-7H2,1-2H3;9-12H,3-6H2,1-2H3;6-9H,1-5H2;5-10H,1-4H2;1-2H3;4*1H4;(H2,1,2,3,4)/t10-,11+,12+,13-;9-,10+,11+,12-;6-,7+,8+,9-;5-,6+,7+,8-;;;;;;/m1111....../s1. The molecule has 8 aliphatic carbocycles. The molecule has 8 bridgehead atoms. The van der Waals surface area contributed by atoms with Gasteiger partial charge in [0.05, 0.1) is 32.0 Å². The van der Waals surface area contributed by atoms with E-state index >= 15 is 0 Å². The van der Waals surface area contributed by atoms with Gasteiger partial charge in [-0.1, -0.05) is 29.7 Å². The summed E-state index contributed by atoms with van der Waals surface area (Å²) in [6.07, 6.45) is 15.0. The molecular formula is C50H90O20S. The average Bonchev–Trinajstić information content (AvgIpc) is 4.11. The molecule has 0 aromatic carbocycles. The quantitative estimate of drug-likeness (QED) is 0.0460. The van der Waals surface area contributed by atoms with Crippen molar-refractivity contribution in [3.8, 4) is 0 Å². The highest BCUT2D eigenvalue weighted by atomic mass is 32.3. The van der Waals surface area contributed by atoms with Gasteiger partial charge in [0.15, 0.2) is 6.79 Å². The Labute approximate surface area is 423 Å². The zero-order valence-electron chi connectivity index (χ0n) is 39.7. The summed E-state index contributed by atoms with van der Waals surface area (Å²) in [5.41, 5.74) is 0. The first-order chi connectivity index (χ1) is 31.6. The largest absolute Gasteiger partial charge is 0.465 e. The zero-order valence-corrected chi connectivity index (χ0v) is 40.5. The first-order valence-electron chi connectivity index (χ1n) is 23.6. The summed E-state index contributed by atoms with van der Waals surface area (Å²) >= 11 is 0. The van der Waals surface area contributed by atoms with Crippen LogP contribution in [0.2, 0.25) is 0 Å². The molecule has 71 heavy (non-hydrogen) atoms. The van der Waals surface area contributed by atoms with Crippen LogP contribution in [0, 0.1) is 71.0 Å². The van der Waals surface area contributed by atoms with Crippen LogP contribution in [0.4, 0.5) is 0 Å². The van der Waals surface area contributed by atoms with Gasteiger partial charge < -0.3 is 48.1 Å². The first-order valence-corrected chi connectivity index (χ1v) is 25.0. The third-order valence-electron chi connectivity index (χ3n) is 14.9. The molecule has 0 amide bonds. The maximum absolute atomic E-state index is 11.1. The molecule has 9 rings (SSSR count). The first kappa shape index (κ1) is 67.7. The van der Waals surface area contributed by atoms with Crippen LogP contribution in [0.15, 0.2) is 0 Å². The Kier molecular flexibility index (Phi) is 30.6. The van der Waals surface area contributed by atoms with Crippen LogP contribution in [0.25, 0.3) is 0 Å². The SMILES string of the molecule is C.C.C.C.C1OC[C@H]2[C@@H]3CC[C@@H](C3)[C@H]2O1.CC(=O)OC(C)=O.CC(=O)OCOC[C@H]1[C@@H]2CC[C@@H](C2)[C@H]1OC(C)=O.CC(=O)OC[C@H]1[C@@H]2CC[C@@H](C2)[C@H]1OC(C)=O.O=S(=O)(O)O.OC[C@H]1[C@@H]2CC[C@@H](C2)[C@H]1O. The Balaban J connectivity index is 0.000000853. The van der Waals surface area contributed by atoms with Crippen molar-refractivity contribution in [2.45, 2.75) is 173 Å². The number of fused-ring (bicyclic) bond motifs is 11. The lowest BCUT2D eigenvalue weighted by molar-refractivity contribution is -0.183. The van der Waals surface area contributed by atoms with E-state index in [-0.39, 0.29) is 103 Å². The number of hydrogen-bond donors (Lipinski definition) is 4. The maximum atomic E-state index is 11.1. The Bertz CT molecular complexity index is 1720. The molecule has 9 aliphatic rings. The molecule has 16 atom stereocenters. The van der Waals surface area contributed by atoms with Crippen molar-refractivity contribution in [3.05, 3.63) is 0 Å². The second-order valence-corrected chi connectivity index (χ2v) is 20.3. The molecule has 1 saturated heterocycles. The fraction of sp³-hybridized carbons (Fsp3) is 0.880. The maximum Gasteiger partial charge on any atom is 0.394 e. The van der Waals surface area contributed by atoms with E-state index < -0.39 is 22.3 Å². The third-order valence-corrected chi connectivity index (χ3v) is 14.9. The molecule has 416 valence electrons. The number of ether oxygens (including phenoxy) is 8. The van der Waals surface area contributed by atoms with Crippen molar-refractivity contribution in [2.24, 2.45) is 71.0 Å². The summed E-state index contributed by atoms with van der Waals surface area (Å²) in [5, 5.41) is 18.4. The highest BCUT2D eigenvalue weighted by Gasteiger charge is 2.52. The van der Waals surface area contributed by atoms with E-state index in [4.69, 9.17) is 55.8 Å². The molecule has 20 nitrogen and oxygen atoms in total. The Morgan fingerprint density at radius 2 is 0.944 bits per heavy atom. The van der Waals surface area contributed by atoms with E-state index in [9.17, 15) is 33.9 Å². The number of rotatable bonds is 9. The van der Waals surface area contributed by atoms with Gasteiger partial charge in [-0.2, -0.15) is 8.42 Å². The van der Waals surface area contributed by atoms with Crippen LogP contribution in [-0.2, 0) is 77.1 Å². The van der Waals surface area contributed by atoms with Crippen molar-refractivity contribution in [2.75, 3.05) is 40.0 Å². The van der Waals surface area contributed by atoms with E-state index in [0.717, 1.165) is 56.5 Å². The van der Waals surface area contributed by atoms with Crippen molar-refractivity contribution >= 4 is 46.2 Å². The van der Waals surface area contributed by atoms with Gasteiger partial charge in [-0.25, -0.2) is 0 Å². The van der Waals surface area contributed by atoms with E-state index in [1.165, 1.54) is 86.5 Å². The predicted octanol–water partition coefficient (Wildman–Crippen LogP) is 6.81. The van der Waals surface area contributed by atoms with E-state index in [1.807, 2.05) is 0 Å². The molecule has 4 N–H and O–H groups in total. The molecule has 0 radical (unpaired) electrons. The molecule has 0 aromatic heterocycles. The summed E-state index contributed by atoms with van der Waals surface area (Å²) in [4.78, 5) is 63.2. The van der Waals surface area contributed by atoms with Crippen LogP contribution in [-0.4, -0.2) is 128 Å². The van der Waals surface area contributed by atoms with E-state index in [1.54, 1.807) is 0 Å². The van der Waals surface area contributed by atoms with Crippen LogP contribution in [0.5, 0.6) is 0 Å². The topological polar surface area (TPSA) is 291 Å². The third kappa shape index (κ3) is 21.6. The summed E-state index contributed by atoms with van der Waals surface area (Å²) in [6, 6.07) is 0. The van der Waals surface area contributed by atoms with Gasteiger partial charge in [0.2, 0.25) is 0 Å². The summed E-state index contributed by atoms with van der Waals surface area (Å²) in [5.74, 6) is 4.31. The second kappa shape index (κ2) is 32.1. The van der Waals surface area contributed by atoms with Crippen LogP contribution in [0.3, 0.4) is 0 Å². The summed E-state index contributed by atoms with van der Waals surface area (Å²) in [7, 11) is -4.67. The monoisotopic (exact) mass is 1040 g/mol. The second-order valence-electron chi connectivity index (χ2n) is 19.4. The molecule has 1 heterocycles. The van der Waals surface area contributed by atoms with Gasteiger partial charge in [0, 0.05) is 71.8 Å². The predicted molar refractivity (Wildman–Crippen MR) is 260 cm³/mol. The van der Waals surface area contributed by atoms with Gasteiger partial charge in [-0.3, -0.25) is 37.9 Å². The molecule has 0 aromatic rings. The number of esters is 6. The lowest BCUT2D eigenvalue weighted by Crippen LogP contribution is -2.38. The van der Waals surface area contributed by atoms with Gasteiger partial charge in [-0.15, -0.1) is 0 Å². The number of aliphatic hydroxyl groups excluding tert-OH is 2. The fourth-order valence-corrected chi connectivity index (χ4v) is 12.4. The molecule has 1 aliphatic heterocycles. The molecular weight excluding hydrogens is 953 g/mol. The molecule has 21 heteroatoms. The summed E-state index contributed by atoms with van der Waals surface area (Å²) < 4.78 is 72.4. The van der Waals surface area contributed by atoms with E-state index in [2.05, 4.69) is 4.74 Å². The molecule has 8 saturated carbocycles.